The Labute approximate surface area is 172 Å². The van der Waals surface area contributed by atoms with Crippen LogP contribution >= 0.6 is 11.3 Å². The summed E-state index contributed by atoms with van der Waals surface area (Å²) in [6, 6.07) is 10.7. The normalized spacial score (nSPS) is 16.1. The number of hydrogen-bond donors (Lipinski definition) is 3. The average Bonchev–Trinajstić information content (AvgIpc) is 3.03. The molecule has 0 spiro atoms. The number of pyridine rings is 1. The molecular formula is C22H20N6S. The summed E-state index contributed by atoms with van der Waals surface area (Å²) >= 11 is 1.84. The Kier molecular flexibility index (Phi) is 4.31. The largest absolute Gasteiger partial charge is 0.382 e. The number of nitrogens with one attached hydrogen (secondary N) is 3. The number of hydrogen-bond acceptors (Lipinski definition) is 7. The first-order chi connectivity index (χ1) is 14.2. The lowest BCUT2D eigenvalue weighted by molar-refractivity contribution is 0.584. The van der Waals surface area contributed by atoms with Gasteiger partial charge in [0.25, 0.3) is 0 Å². The lowest BCUT2D eigenvalue weighted by Gasteiger charge is -2.11. The number of benzene rings is 1. The molecule has 3 N–H and O–H groups in total. The summed E-state index contributed by atoms with van der Waals surface area (Å²) in [5, 5.41) is 20.9. The van der Waals surface area contributed by atoms with Gasteiger partial charge in [0.1, 0.15) is 5.69 Å². The second kappa shape index (κ2) is 6.99. The van der Waals surface area contributed by atoms with Crippen molar-refractivity contribution < 1.29 is 0 Å². The van der Waals surface area contributed by atoms with Crippen LogP contribution in [0.3, 0.4) is 0 Å². The third-order valence-corrected chi connectivity index (χ3v) is 6.40. The molecule has 4 aromatic rings. The first kappa shape index (κ1) is 17.9. The average molecular weight is 401 g/mol. The maximum Gasteiger partial charge on any atom is 0.157 e. The van der Waals surface area contributed by atoms with Gasteiger partial charge in [-0.1, -0.05) is 0 Å². The maximum absolute atomic E-state index is 5.51. The summed E-state index contributed by atoms with van der Waals surface area (Å²) in [4.78, 5) is 6.27. The minimum atomic E-state index is 0.439. The van der Waals surface area contributed by atoms with Gasteiger partial charge in [0, 0.05) is 52.1 Å². The Bertz CT molecular complexity index is 1290. The molecule has 3 aromatic heterocycles. The van der Waals surface area contributed by atoms with E-state index in [0.717, 1.165) is 35.2 Å². The van der Waals surface area contributed by atoms with Crippen molar-refractivity contribution in [3.63, 3.8) is 0 Å². The molecule has 7 heteroatoms. The SMILES string of the molecule is C#Cc1cc(-c2ccc3c(ccc4sc5c(c43)NC[C@@H](C)NC5)n2)c(NC)nn1. The van der Waals surface area contributed by atoms with E-state index >= 15 is 0 Å². The minimum absolute atomic E-state index is 0.439. The Balaban J connectivity index is 1.70. The van der Waals surface area contributed by atoms with Crippen LogP contribution in [0.25, 0.3) is 32.2 Å². The van der Waals surface area contributed by atoms with Crippen molar-refractivity contribution in [2.45, 2.75) is 19.5 Å². The highest BCUT2D eigenvalue weighted by Gasteiger charge is 2.19. The fraction of sp³-hybridized carbons (Fsp3) is 0.227. The molecule has 1 aliphatic rings. The second-order valence-electron chi connectivity index (χ2n) is 7.15. The van der Waals surface area contributed by atoms with Gasteiger partial charge < -0.3 is 16.0 Å². The van der Waals surface area contributed by atoms with Gasteiger partial charge in [0.05, 0.1) is 16.9 Å². The number of fused-ring (bicyclic) bond motifs is 5. The molecule has 0 aliphatic carbocycles. The number of terminal acetylenes is 1. The first-order valence-corrected chi connectivity index (χ1v) is 10.3. The number of rotatable bonds is 2. The fourth-order valence-corrected chi connectivity index (χ4v) is 4.90. The van der Waals surface area contributed by atoms with Gasteiger partial charge in [-0.15, -0.1) is 28.0 Å². The maximum atomic E-state index is 5.51. The van der Waals surface area contributed by atoms with E-state index in [9.17, 15) is 0 Å². The third-order valence-electron chi connectivity index (χ3n) is 5.25. The molecule has 1 aromatic carbocycles. The Morgan fingerprint density at radius 1 is 1.24 bits per heavy atom. The molecule has 1 aliphatic heterocycles. The molecule has 1 atom stereocenters. The molecule has 0 saturated heterocycles. The zero-order valence-corrected chi connectivity index (χ0v) is 17.0. The molecule has 6 nitrogen and oxygen atoms in total. The van der Waals surface area contributed by atoms with E-state index in [-0.39, 0.29) is 0 Å². The van der Waals surface area contributed by atoms with E-state index in [0.29, 0.717) is 17.6 Å². The van der Waals surface area contributed by atoms with E-state index in [2.05, 4.69) is 57.2 Å². The van der Waals surface area contributed by atoms with E-state index in [1.165, 1.54) is 20.7 Å². The lowest BCUT2D eigenvalue weighted by atomic mass is 10.1. The zero-order valence-electron chi connectivity index (χ0n) is 16.2. The van der Waals surface area contributed by atoms with Crippen molar-refractivity contribution in [1.82, 2.24) is 20.5 Å². The molecule has 5 rings (SSSR count). The Morgan fingerprint density at radius 3 is 2.97 bits per heavy atom. The summed E-state index contributed by atoms with van der Waals surface area (Å²) in [5.41, 5.74) is 4.34. The number of thiophene rings is 1. The van der Waals surface area contributed by atoms with E-state index in [1.54, 1.807) is 0 Å². The Hall–Kier alpha value is -3.21. The van der Waals surface area contributed by atoms with Gasteiger partial charge in [-0.25, -0.2) is 4.98 Å². The summed E-state index contributed by atoms with van der Waals surface area (Å²) in [6.07, 6.45) is 5.51. The molecule has 144 valence electrons. The number of anilines is 2. The molecule has 0 amide bonds. The molecule has 4 heterocycles. The summed E-state index contributed by atoms with van der Waals surface area (Å²) < 4.78 is 1.28. The molecule has 0 unspecified atom stereocenters. The molecule has 0 fully saturated rings. The van der Waals surface area contributed by atoms with Crippen molar-refractivity contribution in [3.05, 3.63) is 40.9 Å². The zero-order chi connectivity index (χ0) is 20.0. The van der Waals surface area contributed by atoms with Crippen molar-refractivity contribution in [2.24, 2.45) is 0 Å². The quantitative estimate of drug-likeness (QED) is 0.444. The van der Waals surface area contributed by atoms with Crippen molar-refractivity contribution in [2.75, 3.05) is 24.2 Å². The van der Waals surface area contributed by atoms with Crippen LogP contribution in [0.1, 0.15) is 17.5 Å². The van der Waals surface area contributed by atoms with Crippen molar-refractivity contribution in [3.8, 4) is 23.6 Å². The van der Waals surface area contributed by atoms with Crippen LogP contribution in [0, 0.1) is 12.3 Å². The minimum Gasteiger partial charge on any atom is -0.382 e. The highest BCUT2D eigenvalue weighted by molar-refractivity contribution is 7.20. The smallest absolute Gasteiger partial charge is 0.157 e. The Morgan fingerprint density at radius 2 is 2.14 bits per heavy atom. The van der Waals surface area contributed by atoms with E-state index < -0.39 is 0 Å². The van der Waals surface area contributed by atoms with Crippen molar-refractivity contribution >= 4 is 43.8 Å². The van der Waals surface area contributed by atoms with Crippen LogP contribution in [0.15, 0.2) is 30.3 Å². The van der Waals surface area contributed by atoms with Gasteiger partial charge in [-0.2, -0.15) is 0 Å². The summed E-state index contributed by atoms with van der Waals surface area (Å²) in [7, 11) is 1.81. The molecular weight excluding hydrogens is 380 g/mol. The lowest BCUT2D eigenvalue weighted by Crippen LogP contribution is -2.29. The van der Waals surface area contributed by atoms with Crippen LogP contribution in [0.5, 0.6) is 0 Å². The molecule has 29 heavy (non-hydrogen) atoms. The predicted molar refractivity (Wildman–Crippen MR) is 120 cm³/mol. The van der Waals surface area contributed by atoms with Crippen molar-refractivity contribution in [1.29, 1.82) is 0 Å². The van der Waals surface area contributed by atoms with Crippen LogP contribution in [0.2, 0.25) is 0 Å². The summed E-state index contributed by atoms with van der Waals surface area (Å²) in [5.74, 6) is 3.20. The van der Waals surface area contributed by atoms with Gasteiger partial charge in [-0.3, -0.25) is 0 Å². The number of nitrogens with zero attached hydrogens (tertiary/aromatic N) is 3. The number of aromatic nitrogens is 3. The van der Waals surface area contributed by atoms with Crippen LogP contribution in [-0.2, 0) is 6.54 Å². The topological polar surface area (TPSA) is 74.8 Å². The van der Waals surface area contributed by atoms with Gasteiger partial charge in [0.15, 0.2) is 5.82 Å². The monoisotopic (exact) mass is 400 g/mol. The second-order valence-corrected chi connectivity index (χ2v) is 8.29. The molecule has 0 bridgehead atoms. The van der Waals surface area contributed by atoms with Gasteiger partial charge >= 0.3 is 0 Å². The standard InChI is InChI=1S/C22H20N6S/c1-4-13-9-15(22(23-3)28-27-13)17-6-5-14-16(26-17)7-8-18-20(14)21-19(29-18)11-24-12(2)10-25-21/h1,5-9,12,24-25H,10-11H2,2-3H3,(H,23,28)/t12-/m1/s1. The third kappa shape index (κ3) is 2.97. The molecule has 0 saturated carbocycles. The predicted octanol–water partition coefficient (Wildman–Crippen LogP) is 3.83. The van der Waals surface area contributed by atoms with E-state index in [4.69, 9.17) is 11.4 Å². The van der Waals surface area contributed by atoms with Crippen LogP contribution in [-0.4, -0.2) is 34.8 Å². The van der Waals surface area contributed by atoms with Crippen LogP contribution in [0.4, 0.5) is 11.5 Å². The van der Waals surface area contributed by atoms with Gasteiger partial charge in [0.2, 0.25) is 0 Å². The summed E-state index contributed by atoms with van der Waals surface area (Å²) in [6.45, 7) is 3.99. The van der Waals surface area contributed by atoms with Gasteiger partial charge in [-0.05, 0) is 43.2 Å². The first-order valence-electron chi connectivity index (χ1n) is 9.53. The highest BCUT2D eigenvalue weighted by atomic mass is 32.1. The highest BCUT2D eigenvalue weighted by Crippen LogP contribution is 2.41. The van der Waals surface area contributed by atoms with Crippen LogP contribution < -0.4 is 16.0 Å². The molecule has 0 radical (unpaired) electrons. The fourth-order valence-electron chi connectivity index (χ4n) is 3.75. The van der Waals surface area contributed by atoms with E-state index in [1.807, 2.05) is 30.5 Å².